The summed E-state index contributed by atoms with van der Waals surface area (Å²) in [5.74, 6) is 0.441. The molecule has 3 aromatic carbocycles. The van der Waals surface area contributed by atoms with Crippen molar-refractivity contribution >= 4 is 27.5 Å². The number of non-ortho nitro benzene ring substituents is 1. The number of anilines is 1. The van der Waals surface area contributed by atoms with E-state index in [0.29, 0.717) is 5.75 Å². The Morgan fingerprint density at radius 3 is 2.38 bits per heavy atom. The zero-order chi connectivity index (χ0) is 32.7. The highest BCUT2D eigenvalue weighted by Crippen LogP contribution is 2.27. The third-order valence-electron chi connectivity index (χ3n) is 7.34. The number of nitrogens with one attached hydrogen (secondary N) is 1. The molecule has 1 saturated heterocycles. The molecule has 4 rings (SSSR count). The first-order chi connectivity index (χ1) is 21.4. The van der Waals surface area contributed by atoms with Crippen molar-refractivity contribution < 1.29 is 37.8 Å². The highest BCUT2D eigenvalue weighted by molar-refractivity contribution is 7.89. The molecule has 45 heavy (non-hydrogen) atoms. The van der Waals surface area contributed by atoms with E-state index in [9.17, 15) is 33.5 Å². The molecule has 1 heterocycles. The topological polar surface area (TPSA) is 172 Å². The van der Waals surface area contributed by atoms with Crippen LogP contribution in [-0.2, 0) is 21.2 Å². The second kappa shape index (κ2) is 14.8. The second-order valence-corrected chi connectivity index (χ2v) is 13.1. The zero-order valence-corrected chi connectivity index (χ0v) is 26.0. The van der Waals surface area contributed by atoms with Crippen LogP contribution in [-0.4, -0.2) is 85.2 Å². The van der Waals surface area contributed by atoms with Gasteiger partial charge in [0.1, 0.15) is 12.0 Å². The first-order valence-corrected chi connectivity index (χ1v) is 15.9. The Morgan fingerprint density at radius 2 is 1.76 bits per heavy atom. The van der Waals surface area contributed by atoms with Crippen LogP contribution in [0.2, 0.25) is 0 Å². The molecule has 242 valence electrons. The van der Waals surface area contributed by atoms with Crippen LogP contribution in [0.4, 0.5) is 16.2 Å². The van der Waals surface area contributed by atoms with E-state index in [2.05, 4.69) is 5.32 Å². The number of methoxy groups -OCH3 is 1. The van der Waals surface area contributed by atoms with Gasteiger partial charge in [-0.2, -0.15) is 4.31 Å². The van der Waals surface area contributed by atoms with E-state index in [0.717, 1.165) is 5.56 Å². The van der Waals surface area contributed by atoms with Crippen molar-refractivity contribution in [3.8, 4) is 5.75 Å². The lowest BCUT2D eigenvalue weighted by molar-refractivity contribution is -0.384. The zero-order valence-electron chi connectivity index (χ0n) is 25.2. The first-order valence-electron chi connectivity index (χ1n) is 14.4. The van der Waals surface area contributed by atoms with Crippen LogP contribution < -0.4 is 15.0 Å². The molecule has 4 atom stereocenters. The minimum Gasteiger partial charge on any atom is -0.497 e. The number of cyclic esters (lactones) is 1. The fourth-order valence-corrected chi connectivity index (χ4v) is 6.67. The molecule has 1 unspecified atom stereocenters. The lowest BCUT2D eigenvalue weighted by Gasteiger charge is -2.32. The van der Waals surface area contributed by atoms with E-state index in [-0.39, 0.29) is 48.2 Å². The van der Waals surface area contributed by atoms with Gasteiger partial charge < -0.3 is 19.7 Å². The van der Waals surface area contributed by atoms with Crippen LogP contribution in [0.5, 0.6) is 5.75 Å². The number of hydrogen-bond acceptors (Lipinski definition) is 10. The Morgan fingerprint density at radius 1 is 1.07 bits per heavy atom. The van der Waals surface area contributed by atoms with E-state index in [1.807, 2.05) is 44.2 Å². The van der Waals surface area contributed by atoms with Crippen molar-refractivity contribution in [2.45, 2.75) is 49.6 Å². The van der Waals surface area contributed by atoms with Gasteiger partial charge in [-0.25, -0.2) is 13.2 Å². The van der Waals surface area contributed by atoms with Crippen molar-refractivity contribution in [2.75, 3.05) is 31.6 Å². The average Bonchev–Trinajstić information content (AvgIpc) is 3.42. The third kappa shape index (κ3) is 8.55. The van der Waals surface area contributed by atoms with Gasteiger partial charge in [-0.3, -0.25) is 20.3 Å². The molecule has 13 nitrogen and oxygen atoms in total. The number of hydrogen-bond donors (Lipinski definition) is 3. The number of nitro benzene ring substituents is 1. The Kier molecular flexibility index (Phi) is 11.1. The number of sulfonamides is 1. The fraction of sp³-hybridized carbons (Fsp3) is 0.387. The number of benzene rings is 3. The minimum atomic E-state index is -4.02. The number of nitro groups is 1. The number of carbonyl (C=O) groups excluding carboxylic acids is 1. The molecule has 0 aliphatic carbocycles. The number of carbonyl (C=O) groups is 1. The van der Waals surface area contributed by atoms with Gasteiger partial charge in [0.25, 0.3) is 5.69 Å². The van der Waals surface area contributed by atoms with E-state index >= 15 is 0 Å². The maximum Gasteiger partial charge on any atom is 0.414 e. The number of ether oxygens (including phenoxy) is 2. The molecule has 0 spiro atoms. The monoisotopic (exact) mass is 642 g/mol. The number of nitrogens with zero attached hydrogens (tertiary/aromatic N) is 3. The van der Waals surface area contributed by atoms with E-state index in [1.165, 1.54) is 52.7 Å². The maximum atomic E-state index is 13.7. The van der Waals surface area contributed by atoms with Crippen molar-refractivity contribution in [1.29, 1.82) is 0 Å². The molecule has 3 N–H and O–H groups in total. The summed E-state index contributed by atoms with van der Waals surface area (Å²) >= 11 is 0. The Labute approximate surface area is 262 Å². The molecule has 0 bridgehead atoms. The summed E-state index contributed by atoms with van der Waals surface area (Å²) in [6.07, 6.45) is -4.42. The van der Waals surface area contributed by atoms with Crippen molar-refractivity contribution in [3.05, 3.63) is 94.5 Å². The van der Waals surface area contributed by atoms with Crippen molar-refractivity contribution in [3.63, 3.8) is 0 Å². The van der Waals surface area contributed by atoms with Gasteiger partial charge in [-0.05, 0) is 48.2 Å². The predicted molar refractivity (Wildman–Crippen MR) is 166 cm³/mol. The Bertz CT molecular complexity index is 1550. The molecule has 1 aliphatic rings. The van der Waals surface area contributed by atoms with Crippen LogP contribution >= 0.6 is 0 Å². The van der Waals surface area contributed by atoms with Crippen LogP contribution in [0.1, 0.15) is 19.4 Å². The highest BCUT2D eigenvalue weighted by atomic mass is 32.2. The molecule has 0 radical (unpaired) electrons. The van der Waals surface area contributed by atoms with Gasteiger partial charge in [0.15, 0.2) is 6.10 Å². The highest BCUT2D eigenvalue weighted by Gasteiger charge is 2.39. The van der Waals surface area contributed by atoms with Gasteiger partial charge >= 0.3 is 6.09 Å². The molecule has 0 saturated carbocycles. The minimum absolute atomic E-state index is 0.0443. The number of rotatable bonds is 15. The quantitative estimate of drug-likeness (QED) is 0.127. The summed E-state index contributed by atoms with van der Waals surface area (Å²) in [6.45, 7) is 3.47. The summed E-state index contributed by atoms with van der Waals surface area (Å²) in [5, 5.41) is 36.8. The largest absolute Gasteiger partial charge is 0.497 e. The van der Waals surface area contributed by atoms with E-state index in [4.69, 9.17) is 9.47 Å². The molecule has 14 heteroatoms. The van der Waals surface area contributed by atoms with Gasteiger partial charge in [-0.15, -0.1) is 0 Å². The summed E-state index contributed by atoms with van der Waals surface area (Å²) in [6, 6.07) is 19.8. The van der Waals surface area contributed by atoms with E-state index < -0.39 is 45.5 Å². The first kappa shape index (κ1) is 33.8. The second-order valence-electron chi connectivity index (χ2n) is 11.2. The number of amides is 1. The maximum absolute atomic E-state index is 13.7. The van der Waals surface area contributed by atoms with Crippen LogP contribution in [0.3, 0.4) is 0 Å². The molecular weight excluding hydrogens is 604 g/mol. The SMILES string of the molecule is COc1ccc(S(=O)(=O)N(CC(C)C)C[C@@H](O)[C@H](Cc2ccccc2)NC(O)[C@@H]2CN(c3cccc([N+](=O)[O-])c3)C(=O)O2)cc1. The smallest absolute Gasteiger partial charge is 0.414 e. The number of aliphatic hydroxyl groups is 2. The van der Waals surface area contributed by atoms with Crippen LogP contribution in [0.15, 0.2) is 83.8 Å². The standard InChI is InChI=1S/C31H38N4O9S/c1-21(2)18-33(45(41,42)26-14-12-25(43-3)13-15-26)19-28(36)27(16-22-8-5-4-6-9-22)32-30(37)29-20-34(31(38)44-29)23-10-7-11-24(17-23)35(39)40/h4-15,17,21,27-30,32,36-37H,16,18-20H2,1-3H3/t27-,28+,29-,30?/m0/s1. The number of aliphatic hydroxyl groups excluding tert-OH is 2. The summed E-state index contributed by atoms with van der Waals surface area (Å²) < 4.78 is 39.1. The molecular formula is C31H38N4O9S. The molecule has 3 aromatic rings. The predicted octanol–water partition coefficient (Wildman–Crippen LogP) is 3.16. The summed E-state index contributed by atoms with van der Waals surface area (Å²) in [7, 11) is -2.53. The molecule has 1 amide bonds. The van der Waals surface area contributed by atoms with Crippen molar-refractivity contribution in [1.82, 2.24) is 9.62 Å². The van der Waals surface area contributed by atoms with E-state index in [1.54, 1.807) is 12.1 Å². The lowest BCUT2D eigenvalue weighted by atomic mass is 10.00. The Balaban J connectivity index is 1.54. The molecule has 0 aromatic heterocycles. The fourth-order valence-electron chi connectivity index (χ4n) is 5.05. The normalized spacial score (nSPS) is 17.3. The third-order valence-corrected chi connectivity index (χ3v) is 9.19. The van der Waals surface area contributed by atoms with Crippen molar-refractivity contribution in [2.24, 2.45) is 5.92 Å². The Hall–Kier alpha value is -4.08. The summed E-state index contributed by atoms with van der Waals surface area (Å²) in [4.78, 5) is 24.5. The van der Waals surface area contributed by atoms with Crippen LogP contribution in [0, 0.1) is 16.0 Å². The summed E-state index contributed by atoms with van der Waals surface area (Å²) in [5.41, 5.74) is 0.846. The van der Waals surface area contributed by atoms with Gasteiger partial charge in [-0.1, -0.05) is 50.2 Å². The van der Waals surface area contributed by atoms with Crippen LogP contribution in [0.25, 0.3) is 0 Å². The van der Waals surface area contributed by atoms with Gasteiger partial charge in [0, 0.05) is 31.3 Å². The average molecular weight is 643 g/mol. The van der Waals surface area contributed by atoms with Gasteiger partial charge in [0.05, 0.1) is 35.3 Å². The molecule has 1 fully saturated rings. The molecule has 1 aliphatic heterocycles. The van der Waals surface area contributed by atoms with Gasteiger partial charge in [0.2, 0.25) is 10.0 Å². The lowest BCUT2D eigenvalue weighted by Crippen LogP contribution is -2.55.